The molecule has 2 aromatic carbocycles. The molecule has 3 rings (SSSR count). The van der Waals surface area contributed by atoms with Crippen LogP contribution in [0.25, 0.3) is 22.2 Å². The van der Waals surface area contributed by atoms with E-state index in [9.17, 15) is 9.59 Å². The molecule has 0 saturated heterocycles. The summed E-state index contributed by atoms with van der Waals surface area (Å²) >= 11 is 6.30. The molecule has 6 heteroatoms. The molecule has 0 unspecified atom stereocenters. The van der Waals surface area contributed by atoms with Crippen LogP contribution in [-0.2, 0) is 9.53 Å². The molecule has 28 heavy (non-hydrogen) atoms. The van der Waals surface area contributed by atoms with Crippen molar-refractivity contribution < 1.29 is 14.3 Å². The number of carbonyl (C=O) groups excluding carboxylic acids is 2. The van der Waals surface area contributed by atoms with Crippen LogP contribution in [0.1, 0.15) is 31.1 Å². The Bertz CT molecular complexity index is 1040. The molecule has 0 atom stereocenters. The van der Waals surface area contributed by atoms with Gasteiger partial charge in [0.25, 0.3) is 5.91 Å². The van der Waals surface area contributed by atoms with E-state index in [1.54, 1.807) is 18.2 Å². The third kappa shape index (κ3) is 4.67. The summed E-state index contributed by atoms with van der Waals surface area (Å²) in [5, 5.41) is 3.95. The number of nitrogens with zero attached hydrogens (tertiary/aromatic N) is 1. The Kier molecular flexibility index (Phi) is 5.66. The van der Waals surface area contributed by atoms with Gasteiger partial charge in [-0.2, -0.15) is 0 Å². The number of hydrogen-bond donors (Lipinski definition) is 1. The van der Waals surface area contributed by atoms with Crippen molar-refractivity contribution in [1.82, 2.24) is 10.3 Å². The third-order valence-electron chi connectivity index (χ3n) is 3.93. The van der Waals surface area contributed by atoms with Crippen LogP contribution in [0.15, 0.2) is 54.6 Å². The van der Waals surface area contributed by atoms with Crippen molar-refractivity contribution in [2.75, 3.05) is 6.61 Å². The van der Waals surface area contributed by atoms with Crippen molar-refractivity contribution in [3.63, 3.8) is 0 Å². The smallest absolute Gasteiger partial charge is 0.339 e. The summed E-state index contributed by atoms with van der Waals surface area (Å²) in [5.41, 5.74) is 1.87. The Balaban J connectivity index is 1.94. The van der Waals surface area contributed by atoms with Crippen molar-refractivity contribution in [2.24, 2.45) is 0 Å². The van der Waals surface area contributed by atoms with Crippen LogP contribution < -0.4 is 5.32 Å². The zero-order chi connectivity index (χ0) is 20.3. The van der Waals surface area contributed by atoms with E-state index < -0.39 is 11.5 Å². The molecular weight excluding hydrogens is 376 g/mol. The summed E-state index contributed by atoms with van der Waals surface area (Å²) < 4.78 is 5.25. The molecule has 1 heterocycles. The summed E-state index contributed by atoms with van der Waals surface area (Å²) in [4.78, 5) is 29.3. The maximum atomic E-state index is 12.7. The molecule has 0 aliphatic heterocycles. The van der Waals surface area contributed by atoms with Gasteiger partial charge < -0.3 is 10.1 Å². The number of aromatic nitrogens is 1. The molecule has 5 nitrogen and oxygen atoms in total. The molecule has 1 amide bonds. The standard InChI is InChI=1S/C22H21ClN2O3/c1-22(2,3)25-20(26)13-28-21(27)16-12-19(15-9-4-6-10-17(15)23)24-18-11-7-5-8-14(16)18/h4-12H,13H2,1-3H3,(H,25,26). The van der Waals surface area contributed by atoms with E-state index in [1.165, 1.54) is 0 Å². The first kappa shape index (κ1) is 19.8. The summed E-state index contributed by atoms with van der Waals surface area (Å²) in [5.74, 6) is -0.943. The maximum absolute atomic E-state index is 12.7. The van der Waals surface area contributed by atoms with Crippen molar-refractivity contribution in [3.8, 4) is 11.3 Å². The van der Waals surface area contributed by atoms with Crippen molar-refractivity contribution in [2.45, 2.75) is 26.3 Å². The van der Waals surface area contributed by atoms with Gasteiger partial charge >= 0.3 is 5.97 Å². The van der Waals surface area contributed by atoms with Crippen LogP contribution in [0.2, 0.25) is 5.02 Å². The minimum absolute atomic E-state index is 0.337. The van der Waals surface area contributed by atoms with Crippen LogP contribution in [0.4, 0.5) is 0 Å². The van der Waals surface area contributed by atoms with Gasteiger partial charge in [0, 0.05) is 21.5 Å². The molecule has 144 valence electrons. The molecule has 0 bridgehead atoms. The van der Waals surface area contributed by atoms with Crippen LogP contribution >= 0.6 is 11.6 Å². The molecule has 0 saturated carbocycles. The monoisotopic (exact) mass is 396 g/mol. The highest BCUT2D eigenvalue weighted by atomic mass is 35.5. The fraction of sp³-hybridized carbons (Fsp3) is 0.227. The fourth-order valence-electron chi connectivity index (χ4n) is 2.81. The first-order chi connectivity index (χ1) is 13.2. The number of ether oxygens (including phenoxy) is 1. The first-order valence-electron chi connectivity index (χ1n) is 8.87. The largest absolute Gasteiger partial charge is 0.452 e. The number of amides is 1. The summed E-state index contributed by atoms with van der Waals surface area (Å²) in [6.45, 7) is 5.23. The Morgan fingerprint density at radius 1 is 1.07 bits per heavy atom. The third-order valence-corrected chi connectivity index (χ3v) is 4.26. The predicted octanol–water partition coefficient (Wildman–Crippen LogP) is 4.63. The molecule has 0 fully saturated rings. The minimum atomic E-state index is -0.587. The normalized spacial score (nSPS) is 11.3. The number of benzene rings is 2. The predicted molar refractivity (Wildman–Crippen MR) is 110 cm³/mol. The molecule has 3 aromatic rings. The zero-order valence-electron chi connectivity index (χ0n) is 16.0. The van der Waals surface area contributed by atoms with Crippen LogP contribution in [0.3, 0.4) is 0 Å². The van der Waals surface area contributed by atoms with E-state index in [4.69, 9.17) is 16.3 Å². The minimum Gasteiger partial charge on any atom is -0.452 e. The van der Waals surface area contributed by atoms with E-state index in [0.29, 0.717) is 27.2 Å². The Labute approximate surface area is 168 Å². The molecule has 1 aromatic heterocycles. The lowest BCUT2D eigenvalue weighted by molar-refractivity contribution is -0.125. The van der Waals surface area contributed by atoms with E-state index in [-0.39, 0.29) is 12.5 Å². The molecular formula is C22H21ClN2O3. The number of esters is 1. The van der Waals surface area contributed by atoms with Crippen LogP contribution in [0, 0.1) is 0 Å². The van der Waals surface area contributed by atoms with Gasteiger partial charge in [-0.3, -0.25) is 4.79 Å². The number of hydrogen-bond acceptors (Lipinski definition) is 4. The topological polar surface area (TPSA) is 68.3 Å². The van der Waals surface area contributed by atoms with Gasteiger partial charge in [-0.05, 0) is 39.0 Å². The van der Waals surface area contributed by atoms with Gasteiger partial charge in [-0.25, -0.2) is 9.78 Å². The average molecular weight is 397 g/mol. The van der Waals surface area contributed by atoms with E-state index >= 15 is 0 Å². The van der Waals surface area contributed by atoms with Gasteiger partial charge in [0.2, 0.25) is 0 Å². The first-order valence-corrected chi connectivity index (χ1v) is 9.25. The zero-order valence-corrected chi connectivity index (χ0v) is 16.7. The Hall–Kier alpha value is -2.92. The summed E-state index contributed by atoms with van der Waals surface area (Å²) in [6.07, 6.45) is 0. The highest BCUT2D eigenvalue weighted by Gasteiger charge is 2.19. The number of para-hydroxylation sites is 1. The van der Waals surface area contributed by atoms with Crippen molar-refractivity contribution in [1.29, 1.82) is 0 Å². The average Bonchev–Trinajstić information content (AvgIpc) is 2.64. The van der Waals surface area contributed by atoms with E-state index in [2.05, 4.69) is 10.3 Å². The Morgan fingerprint density at radius 2 is 1.75 bits per heavy atom. The summed E-state index contributed by atoms with van der Waals surface area (Å²) in [7, 11) is 0. The maximum Gasteiger partial charge on any atom is 0.339 e. The molecule has 0 aliphatic rings. The number of rotatable bonds is 4. The molecule has 0 spiro atoms. The Morgan fingerprint density at radius 3 is 2.46 bits per heavy atom. The molecule has 1 N–H and O–H groups in total. The second kappa shape index (κ2) is 7.98. The lowest BCUT2D eigenvalue weighted by Crippen LogP contribution is -2.42. The quantitative estimate of drug-likeness (QED) is 0.653. The van der Waals surface area contributed by atoms with Crippen LogP contribution in [-0.4, -0.2) is 29.0 Å². The number of halogens is 1. The number of nitrogens with one attached hydrogen (secondary N) is 1. The second-order valence-corrected chi connectivity index (χ2v) is 7.83. The van der Waals surface area contributed by atoms with Gasteiger partial charge in [0.15, 0.2) is 6.61 Å². The number of fused-ring (bicyclic) bond motifs is 1. The number of carbonyl (C=O) groups is 2. The fourth-order valence-corrected chi connectivity index (χ4v) is 3.05. The van der Waals surface area contributed by atoms with E-state index in [1.807, 2.05) is 57.2 Å². The highest BCUT2D eigenvalue weighted by molar-refractivity contribution is 6.33. The van der Waals surface area contributed by atoms with Gasteiger partial charge in [0.1, 0.15) is 0 Å². The van der Waals surface area contributed by atoms with Gasteiger partial charge in [-0.1, -0.05) is 48.0 Å². The SMILES string of the molecule is CC(C)(C)NC(=O)COC(=O)c1cc(-c2ccccc2Cl)nc2ccccc12. The van der Waals surface area contributed by atoms with Crippen LogP contribution in [0.5, 0.6) is 0 Å². The van der Waals surface area contributed by atoms with Crippen molar-refractivity contribution in [3.05, 3.63) is 65.2 Å². The van der Waals surface area contributed by atoms with Gasteiger partial charge in [0.05, 0.1) is 16.8 Å². The van der Waals surface area contributed by atoms with Gasteiger partial charge in [-0.15, -0.1) is 0 Å². The second-order valence-electron chi connectivity index (χ2n) is 7.43. The lowest BCUT2D eigenvalue weighted by atomic mass is 10.0. The van der Waals surface area contributed by atoms with E-state index in [0.717, 1.165) is 5.56 Å². The van der Waals surface area contributed by atoms with Crippen molar-refractivity contribution >= 4 is 34.4 Å². The summed E-state index contributed by atoms with van der Waals surface area (Å²) in [6, 6.07) is 16.2. The molecule has 0 aliphatic carbocycles. The highest BCUT2D eigenvalue weighted by Crippen LogP contribution is 2.30. The molecule has 0 radical (unpaired) electrons. The lowest BCUT2D eigenvalue weighted by Gasteiger charge is -2.20. The number of pyridine rings is 1.